The van der Waals surface area contributed by atoms with Gasteiger partial charge in [-0.1, -0.05) is 6.07 Å². The number of rotatable bonds is 4. The van der Waals surface area contributed by atoms with Gasteiger partial charge in [-0.15, -0.1) is 0 Å². The second-order valence-electron chi connectivity index (χ2n) is 4.85. The maximum atomic E-state index is 12.1. The Morgan fingerprint density at radius 1 is 1.39 bits per heavy atom. The molecule has 2 rings (SSSR count). The molecule has 0 aromatic heterocycles. The smallest absolute Gasteiger partial charge is 0.335 e. The van der Waals surface area contributed by atoms with Gasteiger partial charge in [-0.2, -0.15) is 0 Å². The molecule has 5 nitrogen and oxygen atoms in total. The monoisotopic (exact) mass is 269 g/mol. The molecule has 98 valence electrons. The fourth-order valence-electron chi connectivity index (χ4n) is 1.99. The van der Waals surface area contributed by atoms with Crippen LogP contribution >= 0.6 is 0 Å². The summed E-state index contributed by atoms with van der Waals surface area (Å²) in [5.74, 6) is -1.14. The van der Waals surface area contributed by atoms with Gasteiger partial charge in [0.25, 0.3) is 0 Å². The first kappa shape index (κ1) is 13.0. The first-order chi connectivity index (χ1) is 8.32. The summed E-state index contributed by atoms with van der Waals surface area (Å²) in [5.41, 5.74) is -0.422. The molecule has 0 atom stereocenters. The van der Waals surface area contributed by atoms with Crippen LogP contribution < -0.4 is 4.72 Å². The van der Waals surface area contributed by atoms with Gasteiger partial charge in [0.2, 0.25) is 10.0 Å². The SMILES string of the molecule is CC1(NS(=O)(=O)c2cccc(C(=O)O)c2)CCC1. The number of carboxylic acids is 1. The van der Waals surface area contributed by atoms with Crippen LogP contribution in [0.25, 0.3) is 0 Å². The Balaban J connectivity index is 2.29. The lowest BCUT2D eigenvalue weighted by atomic mass is 9.80. The second-order valence-corrected chi connectivity index (χ2v) is 6.54. The summed E-state index contributed by atoms with van der Waals surface area (Å²) in [7, 11) is -3.65. The van der Waals surface area contributed by atoms with Crippen LogP contribution in [-0.2, 0) is 10.0 Å². The van der Waals surface area contributed by atoms with Gasteiger partial charge in [0.05, 0.1) is 10.5 Å². The molecule has 1 saturated carbocycles. The number of nitrogens with one attached hydrogen (secondary N) is 1. The van der Waals surface area contributed by atoms with Crippen LogP contribution in [0.1, 0.15) is 36.5 Å². The lowest BCUT2D eigenvalue weighted by molar-refractivity contribution is 0.0696. The van der Waals surface area contributed by atoms with E-state index in [4.69, 9.17) is 5.11 Å². The van der Waals surface area contributed by atoms with E-state index in [9.17, 15) is 13.2 Å². The lowest BCUT2D eigenvalue weighted by Gasteiger charge is -2.38. The van der Waals surface area contributed by atoms with Crippen molar-refractivity contribution in [3.63, 3.8) is 0 Å². The van der Waals surface area contributed by atoms with Crippen molar-refractivity contribution in [1.29, 1.82) is 0 Å². The van der Waals surface area contributed by atoms with E-state index in [0.29, 0.717) is 0 Å². The van der Waals surface area contributed by atoms with Gasteiger partial charge >= 0.3 is 5.97 Å². The standard InChI is InChI=1S/C12H15NO4S/c1-12(6-3-7-12)13-18(16,17)10-5-2-4-9(8-10)11(14)15/h2,4-5,8,13H,3,6-7H2,1H3,(H,14,15). The van der Waals surface area contributed by atoms with Crippen LogP contribution in [0.3, 0.4) is 0 Å². The Bertz CT molecular complexity index is 575. The summed E-state index contributed by atoms with van der Waals surface area (Å²) in [5, 5.41) is 8.85. The summed E-state index contributed by atoms with van der Waals surface area (Å²) in [6.07, 6.45) is 2.63. The predicted octanol–water partition coefficient (Wildman–Crippen LogP) is 1.61. The van der Waals surface area contributed by atoms with Gasteiger partial charge in [0.1, 0.15) is 0 Å². The molecular formula is C12H15NO4S. The third-order valence-corrected chi connectivity index (χ3v) is 4.87. The van der Waals surface area contributed by atoms with Crippen LogP contribution in [0, 0.1) is 0 Å². The van der Waals surface area contributed by atoms with Gasteiger partial charge in [0.15, 0.2) is 0 Å². The molecule has 1 aliphatic rings. The minimum atomic E-state index is -3.65. The van der Waals surface area contributed by atoms with E-state index in [-0.39, 0.29) is 10.5 Å². The lowest BCUT2D eigenvalue weighted by Crippen LogP contribution is -2.50. The number of carbonyl (C=O) groups is 1. The van der Waals surface area contributed by atoms with Gasteiger partial charge in [-0.3, -0.25) is 0 Å². The molecule has 0 amide bonds. The minimum absolute atomic E-state index is 0.00414. The summed E-state index contributed by atoms with van der Waals surface area (Å²) in [6.45, 7) is 1.86. The van der Waals surface area contributed by atoms with Crippen molar-refractivity contribution >= 4 is 16.0 Å². The van der Waals surface area contributed by atoms with Gasteiger partial charge < -0.3 is 5.11 Å². The van der Waals surface area contributed by atoms with Crippen LogP contribution in [0.4, 0.5) is 0 Å². The molecule has 1 aromatic rings. The maximum Gasteiger partial charge on any atom is 0.335 e. The third-order valence-electron chi connectivity index (χ3n) is 3.23. The highest BCUT2D eigenvalue weighted by atomic mass is 32.2. The van der Waals surface area contributed by atoms with Crippen molar-refractivity contribution in [3.8, 4) is 0 Å². The first-order valence-corrected chi connectivity index (χ1v) is 7.18. The Morgan fingerprint density at radius 2 is 2.06 bits per heavy atom. The molecular weight excluding hydrogens is 254 g/mol. The van der Waals surface area contributed by atoms with Crippen molar-refractivity contribution in [3.05, 3.63) is 29.8 Å². The molecule has 1 fully saturated rings. The van der Waals surface area contributed by atoms with Crippen LogP contribution in [-0.4, -0.2) is 25.0 Å². The first-order valence-electron chi connectivity index (χ1n) is 5.70. The zero-order valence-corrected chi connectivity index (χ0v) is 10.8. The van der Waals surface area contributed by atoms with E-state index in [1.165, 1.54) is 24.3 Å². The van der Waals surface area contributed by atoms with Crippen molar-refractivity contribution in [2.45, 2.75) is 36.6 Å². The summed E-state index contributed by atoms with van der Waals surface area (Å²) < 4.78 is 26.9. The number of benzene rings is 1. The number of sulfonamides is 1. The van der Waals surface area contributed by atoms with Crippen LogP contribution in [0.15, 0.2) is 29.2 Å². The summed E-state index contributed by atoms with van der Waals surface area (Å²) in [4.78, 5) is 10.8. The fraction of sp³-hybridized carbons (Fsp3) is 0.417. The zero-order chi connectivity index (χ0) is 13.4. The molecule has 1 aliphatic carbocycles. The molecule has 0 saturated heterocycles. The molecule has 0 bridgehead atoms. The van der Waals surface area contributed by atoms with Gasteiger partial charge in [-0.25, -0.2) is 17.9 Å². The van der Waals surface area contributed by atoms with Crippen molar-refractivity contribution in [2.75, 3.05) is 0 Å². The zero-order valence-electron chi connectivity index (χ0n) is 10.0. The highest BCUT2D eigenvalue weighted by Gasteiger charge is 2.36. The van der Waals surface area contributed by atoms with E-state index in [1.54, 1.807) is 0 Å². The van der Waals surface area contributed by atoms with E-state index in [0.717, 1.165) is 19.3 Å². The molecule has 0 unspecified atom stereocenters. The maximum absolute atomic E-state index is 12.1. The van der Waals surface area contributed by atoms with Crippen LogP contribution in [0.5, 0.6) is 0 Å². The van der Waals surface area contributed by atoms with Crippen LogP contribution in [0.2, 0.25) is 0 Å². The van der Waals surface area contributed by atoms with Gasteiger partial charge in [0, 0.05) is 5.54 Å². The molecule has 0 spiro atoms. The van der Waals surface area contributed by atoms with E-state index in [1.807, 2.05) is 6.92 Å². The highest BCUT2D eigenvalue weighted by molar-refractivity contribution is 7.89. The third kappa shape index (κ3) is 2.54. The Morgan fingerprint density at radius 3 is 2.56 bits per heavy atom. The quantitative estimate of drug-likeness (QED) is 0.869. The van der Waals surface area contributed by atoms with E-state index < -0.39 is 21.5 Å². The van der Waals surface area contributed by atoms with Crippen molar-refractivity contribution in [1.82, 2.24) is 4.72 Å². The molecule has 2 N–H and O–H groups in total. The number of carboxylic acid groups (broad SMARTS) is 1. The Labute approximate surface area is 106 Å². The molecule has 18 heavy (non-hydrogen) atoms. The molecule has 1 aromatic carbocycles. The molecule has 0 heterocycles. The van der Waals surface area contributed by atoms with Crippen molar-refractivity contribution < 1.29 is 18.3 Å². The Kier molecular flexibility index (Phi) is 3.16. The van der Waals surface area contributed by atoms with Gasteiger partial charge in [-0.05, 0) is 44.4 Å². The topological polar surface area (TPSA) is 83.5 Å². The minimum Gasteiger partial charge on any atom is -0.478 e. The molecule has 6 heteroatoms. The normalized spacial score (nSPS) is 18.1. The number of aromatic carboxylic acids is 1. The summed E-state index contributed by atoms with van der Waals surface area (Å²) in [6, 6.07) is 5.37. The largest absolute Gasteiger partial charge is 0.478 e. The second kappa shape index (κ2) is 4.37. The average Bonchev–Trinajstić information content (AvgIpc) is 2.26. The predicted molar refractivity (Wildman–Crippen MR) is 66.0 cm³/mol. The van der Waals surface area contributed by atoms with E-state index in [2.05, 4.69) is 4.72 Å². The fourth-order valence-corrected chi connectivity index (χ4v) is 3.50. The highest BCUT2D eigenvalue weighted by Crippen LogP contribution is 2.32. The average molecular weight is 269 g/mol. The number of hydrogen-bond donors (Lipinski definition) is 2. The molecule has 0 radical (unpaired) electrons. The number of hydrogen-bond acceptors (Lipinski definition) is 3. The van der Waals surface area contributed by atoms with Crippen molar-refractivity contribution in [2.24, 2.45) is 0 Å². The molecule has 0 aliphatic heterocycles. The Hall–Kier alpha value is -1.40. The summed E-state index contributed by atoms with van der Waals surface area (Å²) >= 11 is 0. The van der Waals surface area contributed by atoms with E-state index >= 15 is 0 Å².